The van der Waals surface area contributed by atoms with E-state index in [1.807, 2.05) is 0 Å². The zero-order chi connectivity index (χ0) is 11.1. The van der Waals surface area contributed by atoms with Crippen molar-refractivity contribution >= 4 is 5.71 Å². The van der Waals surface area contributed by atoms with Crippen molar-refractivity contribution in [2.24, 2.45) is 5.10 Å². The minimum Gasteiger partial charge on any atom is -0.383 e. The molecule has 2 atom stereocenters. The minimum atomic E-state index is -4.44. The summed E-state index contributed by atoms with van der Waals surface area (Å²) in [5, 5.41) is 12.9. The van der Waals surface area contributed by atoms with Gasteiger partial charge in [0.1, 0.15) is 6.10 Å². The van der Waals surface area contributed by atoms with Crippen molar-refractivity contribution in [1.29, 1.82) is 0 Å². The summed E-state index contributed by atoms with van der Waals surface area (Å²) in [4.78, 5) is 0. The number of rotatable bonds is 1. The van der Waals surface area contributed by atoms with E-state index in [0.29, 0.717) is 0 Å². The van der Waals surface area contributed by atoms with Crippen molar-refractivity contribution in [2.75, 3.05) is 7.05 Å². The van der Waals surface area contributed by atoms with Crippen molar-refractivity contribution in [2.45, 2.75) is 26.1 Å². The van der Waals surface area contributed by atoms with Gasteiger partial charge in [-0.3, -0.25) is 0 Å². The molecule has 0 radical (unpaired) electrons. The third kappa shape index (κ3) is 1.80. The number of nitrogens with zero attached hydrogens (tertiary/aromatic N) is 1. The maximum absolute atomic E-state index is 12.4. The van der Waals surface area contributed by atoms with E-state index in [-0.39, 0.29) is 16.3 Å². The lowest BCUT2D eigenvalue weighted by Gasteiger charge is -2.08. The van der Waals surface area contributed by atoms with Gasteiger partial charge in [-0.05, 0) is 13.8 Å². The number of likely N-dealkylation sites (N-methyl/N-ethyl adjacent to an activating group) is 1. The number of hydrogen-bond acceptors (Lipinski definition) is 2. The Kier molecular flexibility index (Phi) is 2.69. The summed E-state index contributed by atoms with van der Waals surface area (Å²) >= 11 is 0. The fraction of sp³-hybridized carbons (Fsp3) is 0.625. The van der Waals surface area contributed by atoms with Crippen LogP contribution in [0.25, 0.3) is 0 Å². The topological polar surface area (TPSA) is 37.0 Å². The zero-order valence-electron chi connectivity index (χ0n) is 8.11. The Morgan fingerprint density at radius 2 is 1.93 bits per heavy atom. The van der Waals surface area contributed by atoms with E-state index in [9.17, 15) is 18.3 Å². The number of hydrogen-bond donors (Lipinski definition) is 2. The van der Waals surface area contributed by atoms with Crippen LogP contribution in [-0.2, 0) is 0 Å². The standard InChI is InChI=1S/C8H11F3N2O/c1-4-6(5(2)14)13(3)12-7(4)8(9,10)11/h5,14H,1-3H3/p+1. The molecule has 1 aliphatic rings. The van der Waals surface area contributed by atoms with Crippen LogP contribution in [0.5, 0.6) is 0 Å². The molecule has 14 heavy (non-hydrogen) atoms. The highest BCUT2D eigenvalue weighted by molar-refractivity contribution is 6.04. The number of alkyl halides is 3. The van der Waals surface area contributed by atoms with E-state index in [4.69, 9.17) is 0 Å². The Hall–Kier alpha value is -0.880. The lowest BCUT2D eigenvalue weighted by molar-refractivity contribution is -0.847. The highest BCUT2D eigenvalue weighted by Gasteiger charge is 2.45. The van der Waals surface area contributed by atoms with Gasteiger partial charge in [-0.15, -0.1) is 0 Å². The molecule has 0 spiro atoms. The quantitative estimate of drug-likeness (QED) is 0.631. The molecule has 6 heteroatoms. The predicted octanol–water partition coefficient (Wildman–Crippen LogP) is 0.0878. The van der Waals surface area contributed by atoms with Crippen molar-refractivity contribution in [3.05, 3.63) is 11.3 Å². The van der Waals surface area contributed by atoms with Gasteiger partial charge in [0.25, 0.3) is 0 Å². The van der Waals surface area contributed by atoms with Crippen LogP contribution >= 0.6 is 0 Å². The largest absolute Gasteiger partial charge is 0.439 e. The number of aliphatic hydroxyl groups is 1. The molecule has 2 unspecified atom stereocenters. The van der Waals surface area contributed by atoms with Gasteiger partial charge in [0, 0.05) is 5.57 Å². The molecule has 1 rings (SSSR count). The van der Waals surface area contributed by atoms with Crippen LogP contribution in [0.1, 0.15) is 13.8 Å². The zero-order valence-corrected chi connectivity index (χ0v) is 8.11. The summed E-state index contributed by atoms with van der Waals surface area (Å²) in [7, 11) is 1.46. The molecule has 0 aromatic rings. The first-order chi connectivity index (χ1) is 6.25. The third-order valence-electron chi connectivity index (χ3n) is 2.11. The first kappa shape index (κ1) is 11.2. The molecule has 1 heterocycles. The van der Waals surface area contributed by atoms with Gasteiger partial charge in [0.2, 0.25) is 5.71 Å². The molecule has 80 valence electrons. The van der Waals surface area contributed by atoms with Crippen LogP contribution in [0.2, 0.25) is 0 Å². The minimum absolute atomic E-state index is 0.0185. The number of aliphatic hydroxyl groups excluding tert-OH is 1. The SMILES string of the molecule is CC1=C(C(C)O)[NH+](C)N=C1C(F)(F)F. The van der Waals surface area contributed by atoms with Crippen molar-refractivity contribution in [3.63, 3.8) is 0 Å². The van der Waals surface area contributed by atoms with Gasteiger partial charge in [-0.2, -0.15) is 18.2 Å². The molecule has 0 fully saturated rings. The molecule has 0 bridgehead atoms. The molecule has 0 aromatic heterocycles. The van der Waals surface area contributed by atoms with Gasteiger partial charge in [0.15, 0.2) is 5.70 Å². The summed E-state index contributed by atoms with van der Waals surface area (Å²) in [5.74, 6) is 0. The summed E-state index contributed by atoms with van der Waals surface area (Å²) in [6.07, 6.45) is -5.36. The first-order valence-corrected chi connectivity index (χ1v) is 4.14. The van der Waals surface area contributed by atoms with Crippen LogP contribution < -0.4 is 5.01 Å². The summed E-state index contributed by atoms with van der Waals surface area (Å²) in [5.41, 5.74) is -0.603. The second-order valence-electron chi connectivity index (χ2n) is 3.26. The van der Waals surface area contributed by atoms with Crippen molar-refractivity contribution in [3.8, 4) is 0 Å². The van der Waals surface area contributed by atoms with E-state index in [1.165, 1.54) is 20.9 Å². The number of nitrogens with one attached hydrogen (secondary N) is 1. The highest BCUT2D eigenvalue weighted by atomic mass is 19.4. The molecule has 0 amide bonds. The lowest BCUT2D eigenvalue weighted by atomic mass is 10.1. The first-order valence-electron chi connectivity index (χ1n) is 4.14. The van der Waals surface area contributed by atoms with E-state index in [2.05, 4.69) is 5.10 Å². The number of allylic oxidation sites excluding steroid dienone is 1. The summed E-state index contributed by atoms with van der Waals surface area (Å²) in [6, 6.07) is 0. The van der Waals surface area contributed by atoms with Gasteiger partial charge in [0.05, 0.1) is 7.05 Å². The van der Waals surface area contributed by atoms with Crippen LogP contribution in [0.4, 0.5) is 13.2 Å². The molecule has 1 aliphatic heterocycles. The van der Waals surface area contributed by atoms with Gasteiger partial charge in [-0.25, -0.2) is 0 Å². The van der Waals surface area contributed by atoms with Crippen LogP contribution in [-0.4, -0.2) is 30.1 Å². The average molecular weight is 209 g/mol. The predicted molar refractivity (Wildman–Crippen MR) is 44.8 cm³/mol. The Bertz CT molecular complexity index is 304. The average Bonchev–Trinajstić information content (AvgIpc) is 2.24. The second kappa shape index (κ2) is 3.36. The molecule has 0 aliphatic carbocycles. The van der Waals surface area contributed by atoms with E-state index in [1.54, 1.807) is 0 Å². The Morgan fingerprint density at radius 1 is 1.43 bits per heavy atom. The molecule has 2 N–H and O–H groups in total. The third-order valence-corrected chi connectivity index (χ3v) is 2.11. The number of halogens is 3. The molecule has 0 aromatic carbocycles. The molecular formula is C8H12F3N2O+. The Labute approximate surface area is 79.5 Å². The summed E-state index contributed by atoms with van der Waals surface area (Å²) in [6.45, 7) is 2.75. The van der Waals surface area contributed by atoms with Crippen LogP contribution in [0.15, 0.2) is 16.4 Å². The van der Waals surface area contributed by atoms with Crippen molar-refractivity contribution < 1.29 is 23.3 Å². The maximum atomic E-state index is 12.4. The highest BCUT2D eigenvalue weighted by Crippen LogP contribution is 2.25. The smallest absolute Gasteiger partial charge is 0.383 e. The molecule has 0 saturated heterocycles. The van der Waals surface area contributed by atoms with Gasteiger partial charge in [-0.1, -0.05) is 5.10 Å². The normalized spacial score (nSPS) is 25.4. The Balaban J connectivity index is 3.11. The molecular weight excluding hydrogens is 197 g/mol. The molecule has 3 nitrogen and oxygen atoms in total. The van der Waals surface area contributed by atoms with Crippen molar-refractivity contribution in [1.82, 2.24) is 0 Å². The van der Waals surface area contributed by atoms with Crippen LogP contribution in [0, 0.1) is 0 Å². The van der Waals surface area contributed by atoms with Gasteiger partial charge >= 0.3 is 6.18 Å². The van der Waals surface area contributed by atoms with E-state index in [0.717, 1.165) is 0 Å². The number of quaternary nitrogens is 1. The Morgan fingerprint density at radius 3 is 2.14 bits per heavy atom. The maximum Gasteiger partial charge on any atom is 0.439 e. The fourth-order valence-corrected chi connectivity index (χ4v) is 1.60. The van der Waals surface area contributed by atoms with E-state index < -0.39 is 18.0 Å². The lowest BCUT2D eigenvalue weighted by Crippen LogP contribution is -3.02. The summed E-state index contributed by atoms with van der Waals surface area (Å²) < 4.78 is 37.1. The monoisotopic (exact) mass is 209 g/mol. The molecule has 0 saturated carbocycles. The van der Waals surface area contributed by atoms with Crippen LogP contribution in [0.3, 0.4) is 0 Å². The fourth-order valence-electron chi connectivity index (χ4n) is 1.60. The second-order valence-corrected chi connectivity index (χ2v) is 3.26. The van der Waals surface area contributed by atoms with Gasteiger partial charge < -0.3 is 5.11 Å². The van der Waals surface area contributed by atoms with E-state index >= 15 is 0 Å².